The van der Waals surface area contributed by atoms with Crippen molar-refractivity contribution in [1.29, 1.82) is 0 Å². The highest BCUT2D eigenvalue weighted by Crippen LogP contribution is 2.46. The summed E-state index contributed by atoms with van der Waals surface area (Å²) in [7, 11) is 0. The Kier molecular flexibility index (Phi) is 6.41. The third-order valence-electron chi connectivity index (χ3n) is 7.18. The van der Waals surface area contributed by atoms with E-state index in [2.05, 4.69) is 21.5 Å². The van der Waals surface area contributed by atoms with Crippen LogP contribution in [0.15, 0.2) is 42.5 Å². The van der Waals surface area contributed by atoms with Crippen LogP contribution in [0.2, 0.25) is 10.0 Å². The lowest BCUT2D eigenvalue weighted by Crippen LogP contribution is -2.52. The SMILES string of the molecule is C#CC1C[C@@]2(CN1C(=O)[C@H](CC(C)(C)F)NC(=O)c1cc3ccc(Cl)c(Cl)c3[nH]1)C(=O)Nc1ccccc12. The molecule has 0 aliphatic carbocycles. The van der Waals surface area contributed by atoms with Crippen LogP contribution in [0, 0.1) is 12.3 Å². The second-order valence-corrected chi connectivity index (χ2v) is 11.2. The van der Waals surface area contributed by atoms with Crippen molar-refractivity contribution in [1.82, 2.24) is 15.2 Å². The standard InChI is InChI=1S/C28H25Cl2FN4O3/c1-4-16-12-28(17-7-5-6-8-19(17)34-26(28)38)14-35(16)25(37)21(13-27(2,3)31)33-24(36)20-11-15-9-10-18(29)22(30)23(15)32-20/h1,5-11,16,21,32H,12-14H2,2-3H3,(H,33,36)(H,34,38)/t16?,21-,28-/m0/s1. The Labute approximate surface area is 229 Å². The lowest BCUT2D eigenvalue weighted by molar-refractivity contribution is -0.134. The van der Waals surface area contributed by atoms with Gasteiger partial charge >= 0.3 is 0 Å². The Balaban J connectivity index is 1.45. The molecule has 2 aromatic carbocycles. The summed E-state index contributed by atoms with van der Waals surface area (Å²) >= 11 is 12.3. The number of amides is 3. The van der Waals surface area contributed by atoms with Crippen molar-refractivity contribution >= 4 is 57.5 Å². The summed E-state index contributed by atoms with van der Waals surface area (Å²) in [6, 6.07) is 10.2. The van der Waals surface area contributed by atoms with Crippen LogP contribution < -0.4 is 10.6 Å². The van der Waals surface area contributed by atoms with Crippen molar-refractivity contribution in [2.75, 3.05) is 11.9 Å². The fourth-order valence-corrected chi connectivity index (χ4v) is 5.78. The van der Waals surface area contributed by atoms with Crippen LogP contribution in [0.4, 0.5) is 10.1 Å². The van der Waals surface area contributed by atoms with Crippen LogP contribution in [-0.2, 0) is 15.0 Å². The minimum Gasteiger partial charge on any atom is -0.349 e. The van der Waals surface area contributed by atoms with Crippen LogP contribution in [0.25, 0.3) is 10.9 Å². The summed E-state index contributed by atoms with van der Waals surface area (Å²) in [6.45, 7) is 2.67. The molecule has 196 valence electrons. The predicted octanol–water partition coefficient (Wildman–Crippen LogP) is 4.84. The molecule has 38 heavy (non-hydrogen) atoms. The van der Waals surface area contributed by atoms with E-state index < -0.39 is 35.0 Å². The Morgan fingerprint density at radius 1 is 1.29 bits per heavy atom. The quantitative estimate of drug-likeness (QED) is 0.394. The molecule has 3 aromatic rings. The zero-order chi connectivity index (χ0) is 27.4. The summed E-state index contributed by atoms with van der Waals surface area (Å²) in [4.78, 5) is 44.5. The number of rotatable bonds is 5. The molecule has 1 fully saturated rings. The van der Waals surface area contributed by atoms with Crippen molar-refractivity contribution in [3.8, 4) is 12.3 Å². The number of likely N-dealkylation sites (tertiary alicyclic amines) is 1. The fourth-order valence-electron chi connectivity index (χ4n) is 5.40. The molecule has 0 bridgehead atoms. The number of hydrogen-bond acceptors (Lipinski definition) is 3. The fraction of sp³-hybridized carbons (Fsp3) is 0.321. The van der Waals surface area contributed by atoms with Crippen LogP contribution >= 0.6 is 23.2 Å². The zero-order valence-corrected chi connectivity index (χ0v) is 22.2. The van der Waals surface area contributed by atoms with Gasteiger partial charge in [-0.1, -0.05) is 53.4 Å². The van der Waals surface area contributed by atoms with E-state index in [0.29, 0.717) is 21.6 Å². The number of carbonyl (C=O) groups excluding carboxylic acids is 3. The number of aromatic nitrogens is 1. The highest BCUT2D eigenvalue weighted by Gasteiger charge is 2.56. The monoisotopic (exact) mass is 554 g/mol. The molecule has 3 atom stereocenters. The minimum absolute atomic E-state index is 0.0170. The molecular weight excluding hydrogens is 530 g/mol. The van der Waals surface area contributed by atoms with Gasteiger partial charge in [-0.15, -0.1) is 6.42 Å². The van der Waals surface area contributed by atoms with Gasteiger partial charge in [0.05, 0.1) is 27.0 Å². The maximum atomic E-state index is 14.9. The molecule has 3 amide bonds. The average molecular weight is 555 g/mol. The Morgan fingerprint density at radius 2 is 2.03 bits per heavy atom. The van der Waals surface area contributed by atoms with Crippen molar-refractivity contribution < 1.29 is 18.8 Å². The highest BCUT2D eigenvalue weighted by molar-refractivity contribution is 6.45. The smallest absolute Gasteiger partial charge is 0.268 e. The predicted molar refractivity (Wildman–Crippen MR) is 145 cm³/mol. The number of hydrogen-bond donors (Lipinski definition) is 3. The molecular formula is C28H25Cl2FN4O3. The second kappa shape index (κ2) is 9.33. The topological polar surface area (TPSA) is 94.3 Å². The number of anilines is 1. The van der Waals surface area contributed by atoms with Gasteiger partial charge in [0.15, 0.2) is 0 Å². The van der Waals surface area contributed by atoms with E-state index in [1.54, 1.807) is 24.3 Å². The van der Waals surface area contributed by atoms with Gasteiger partial charge in [-0.25, -0.2) is 4.39 Å². The molecule has 3 N–H and O–H groups in total. The molecule has 2 aliphatic rings. The first-order chi connectivity index (χ1) is 17.9. The first kappa shape index (κ1) is 26.1. The number of carbonyl (C=O) groups is 3. The van der Waals surface area contributed by atoms with Gasteiger partial charge in [-0.3, -0.25) is 14.4 Å². The molecule has 1 aromatic heterocycles. The van der Waals surface area contributed by atoms with Crippen LogP contribution in [0.3, 0.4) is 0 Å². The number of alkyl halides is 1. The molecule has 2 aliphatic heterocycles. The molecule has 7 nitrogen and oxygen atoms in total. The molecule has 5 rings (SSSR count). The number of fused-ring (bicyclic) bond motifs is 3. The first-order valence-corrected chi connectivity index (χ1v) is 12.8. The van der Waals surface area contributed by atoms with E-state index in [-0.39, 0.29) is 36.0 Å². The van der Waals surface area contributed by atoms with Crippen LogP contribution in [0.1, 0.15) is 42.7 Å². The van der Waals surface area contributed by atoms with Gasteiger partial charge in [0.2, 0.25) is 11.8 Å². The van der Waals surface area contributed by atoms with E-state index in [0.717, 1.165) is 5.56 Å². The summed E-state index contributed by atoms with van der Waals surface area (Å²) in [5.41, 5.74) is -0.760. The zero-order valence-electron chi connectivity index (χ0n) is 20.7. The number of H-pyrrole nitrogens is 1. The molecule has 0 radical (unpaired) electrons. The lowest BCUT2D eigenvalue weighted by atomic mass is 9.79. The minimum atomic E-state index is -1.79. The van der Waals surface area contributed by atoms with Gasteiger partial charge < -0.3 is 20.5 Å². The summed E-state index contributed by atoms with van der Waals surface area (Å²) in [5.74, 6) is 1.20. The van der Waals surface area contributed by atoms with E-state index in [1.165, 1.54) is 18.7 Å². The molecule has 1 spiro atoms. The summed E-state index contributed by atoms with van der Waals surface area (Å²) < 4.78 is 14.9. The van der Waals surface area contributed by atoms with Gasteiger partial charge in [0, 0.05) is 24.0 Å². The lowest BCUT2D eigenvalue weighted by Gasteiger charge is -2.30. The summed E-state index contributed by atoms with van der Waals surface area (Å²) in [5, 5.41) is 6.78. The van der Waals surface area contributed by atoms with Crippen molar-refractivity contribution in [2.24, 2.45) is 0 Å². The number of benzene rings is 2. The van der Waals surface area contributed by atoms with Crippen molar-refractivity contribution in [3.05, 3.63) is 63.8 Å². The number of halogens is 3. The Bertz CT molecular complexity index is 1520. The maximum absolute atomic E-state index is 14.9. The summed E-state index contributed by atoms with van der Waals surface area (Å²) in [6.07, 6.45) is 5.73. The van der Waals surface area contributed by atoms with Gasteiger partial charge in [-0.05, 0) is 44.0 Å². The third kappa shape index (κ3) is 4.40. The molecule has 1 unspecified atom stereocenters. The Morgan fingerprint density at radius 3 is 2.74 bits per heavy atom. The molecule has 1 saturated heterocycles. The molecule has 3 heterocycles. The van der Waals surface area contributed by atoms with E-state index in [1.807, 2.05) is 18.2 Å². The number of terminal acetylenes is 1. The number of nitrogens with zero attached hydrogens (tertiary/aromatic N) is 1. The van der Waals surface area contributed by atoms with Crippen LogP contribution in [-0.4, -0.2) is 51.9 Å². The second-order valence-electron chi connectivity index (χ2n) is 10.4. The largest absolute Gasteiger partial charge is 0.349 e. The number of nitrogens with one attached hydrogen (secondary N) is 3. The van der Waals surface area contributed by atoms with Crippen molar-refractivity contribution in [2.45, 2.75) is 49.9 Å². The van der Waals surface area contributed by atoms with E-state index in [9.17, 15) is 18.8 Å². The first-order valence-electron chi connectivity index (χ1n) is 12.1. The molecule has 10 heteroatoms. The van der Waals surface area contributed by atoms with Gasteiger partial charge in [-0.2, -0.15) is 0 Å². The van der Waals surface area contributed by atoms with Gasteiger partial charge in [0.25, 0.3) is 5.91 Å². The number of aromatic amines is 1. The van der Waals surface area contributed by atoms with Crippen LogP contribution in [0.5, 0.6) is 0 Å². The molecule has 0 saturated carbocycles. The maximum Gasteiger partial charge on any atom is 0.268 e. The highest BCUT2D eigenvalue weighted by atomic mass is 35.5. The van der Waals surface area contributed by atoms with E-state index >= 15 is 0 Å². The Hall–Kier alpha value is -3.54. The number of para-hydroxylation sites is 1. The van der Waals surface area contributed by atoms with E-state index in [4.69, 9.17) is 29.6 Å². The average Bonchev–Trinajstić information content (AvgIpc) is 3.55. The van der Waals surface area contributed by atoms with Crippen molar-refractivity contribution in [3.63, 3.8) is 0 Å². The third-order valence-corrected chi connectivity index (χ3v) is 7.99. The van der Waals surface area contributed by atoms with Gasteiger partial charge in [0.1, 0.15) is 17.4 Å². The normalized spacial score (nSPS) is 21.3.